The number of benzene rings is 1. The van der Waals surface area contributed by atoms with E-state index < -0.39 is 0 Å². The van der Waals surface area contributed by atoms with Crippen LogP contribution in [0.1, 0.15) is 41.6 Å². The van der Waals surface area contributed by atoms with Crippen LogP contribution < -0.4 is 15.6 Å². The fraction of sp³-hybridized carbons (Fsp3) is 0.296. The number of nitrogens with one attached hydrogen (secondary N) is 1. The van der Waals surface area contributed by atoms with E-state index in [9.17, 15) is 9.59 Å². The summed E-state index contributed by atoms with van der Waals surface area (Å²) >= 11 is 0. The highest BCUT2D eigenvalue weighted by Crippen LogP contribution is 2.35. The van der Waals surface area contributed by atoms with E-state index in [0.717, 1.165) is 17.5 Å². The van der Waals surface area contributed by atoms with E-state index in [1.165, 1.54) is 23.7 Å². The minimum absolute atomic E-state index is 0.0941. The van der Waals surface area contributed by atoms with Gasteiger partial charge in [-0.2, -0.15) is 0 Å². The molecule has 8 nitrogen and oxygen atoms in total. The number of hydrogen-bond acceptors (Lipinski definition) is 7. The van der Waals surface area contributed by atoms with Crippen molar-refractivity contribution in [2.45, 2.75) is 32.2 Å². The van der Waals surface area contributed by atoms with Crippen molar-refractivity contribution >= 4 is 22.5 Å². The molecule has 4 aromatic rings. The molecule has 8 heteroatoms. The molecule has 0 bridgehead atoms. The number of ether oxygens (including phenoxy) is 1. The maximum absolute atomic E-state index is 12.9. The lowest BCUT2D eigenvalue weighted by molar-refractivity contribution is 0.0975. The van der Waals surface area contributed by atoms with Gasteiger partial charge in [-0.15, -0.1) is 0 Å². The first-order valence-electron chi connectivity index (χ1n) is 11.7. The van der Waals surface area contributed by atoms with Crippen molar-refractivity contribution in [2.75, 3.05) is 12.4 Å². The summed E-state index contributed by atoms with van der Waals surface area (Å²) in [5.74, 6) is 1.76. The molecule has 5 rings (SSSR count). The summed E-state index contributed by atoms with van der Waals surface area (Å²) < 4.78 is 7.01. The number of carbonyl (C=O) groups excluding carboxylic acids is 1. The summed E-state index contributed by atoms with van der Waals surface area (Å²) in [6.45, 7) is 0.476. The van der Waals surface area contributed by atoms with E-state index in [-0.39, 0.29) is 11.3 Å². The molecule has 1 N–H and O–H groups in total. The van der Waals surface area contributed by atoms with Crippen LogP contribution in [-0.2, 0) is 13.6 Å². The van der Waals surface area contributed by atoms with Crippen molar-refractivity contribution in [2.24, 2.45) is 13.0 Å². The summed E-state index contributed by atoms with van der Waals surface area (Å²) in [5, 5.41) is 3.72. The summed E-state index contributed by atoms with van der Waals surface area (Å²) in [4.78, 5) is 39.0. The first-order valence-corrected chi connectivity index (χ1v) is 11.7. The second-order valence-electron chi connectivity index (χ2n) is 8.94. The smallest absolute Gasteiger partial charge is 0.264 e. The van der Waals surface area contributed by atoms with E-state index >= 15 is 0 Å². The largest absolute Gasteiger partial charge is 0.496 e. The molecule has 3 aromatic heterocycles. The number of methoxy groups -OCH3 is 1. The van der Waals surface area contributed by atoms with Crippen LogP contribution in [0.2, 0.25) is 0 Å². The molecule has 1 aliphatic carbocycles. The fourth-order valence-electron chi connectivity index (χ4n) is 4.14. The summed E-state index contributed by atoms with van der Waals surface area (Å²) in [6.07, 6.45) is 8.87. The van der Waals surface area contributed by atoms with E-state index in [1.54, 1.807) is 38.7 Å². The third-order valence-corrected chi connectivity index (χ3v) is 6.39. The highest BCUT2D eigenvalue weighted by atomic mass is 16.5. The maximum Gasteiger partial charge on any atom is 0.264 e. The Kier molecular flexibility index (Phi) is 6.27. The predicted octanol–water partition coefficient (Wildman–Crippen LogP) is 4.38. The van der Waals surface area contributed by atoms with E-state index in [2.05, 4.69) is 15.3 Å². The molecule has 0 radical (unpaired) electrons. The molecule has 3 heterocycles. The Balaban J connectivity index is 1.52. The van der Waals surface area contributed by atoms with Gasteiger partial charge in [0.1, 0.15) is 17.0 Å². The number of rotatable bonds is 9. The summed E-state index contributed by atoms with van der Waals surface area (Å²) in [5.41, 5.74) is 3.36. The zero-order valence-corrected chi connectivity index (χ0v) is 19.8. The number of Topliss-reactive ketones (excluding diaryl/α,β-unsaturated/α-hetero) is 1. The summed E-state index contributed by atoms with van der Waals surface area (Å²) in [7, 11) is 3.23. The molecule has 0 atom stereocenters. The Morgan fingerprint density at radius 1 is 1.17 bits per heavy atom. The van der Waals surface area contributed by atoms with Crippen molar-refractivity contribution in [3.63, 3.8) is 0 Å². The van der Waals surface area contributed by atoms with Gasteiger partial charge in [-0.25, -0.2) is 9.97 Å². The number of aromatic nitrogens is 4. The topological polar surface area (TPSA) is 99.0 Å². The van der Waals surface area contributed by atoms with Crippen LogP contribution in [0.4, 0.5) is 5.82 Å². The lowest BCUT2D eigenvalue weighted by Crippen LogP contribution is -2.19. The molecule has 0 saturated heterocycles. The third kappa shape index (κ3) is 4.91. The Bertz CT molecular complexity index is 1440. The molecular weight excluding hydrogens is 442 g/mol. The number of pyridine rings is 2. The normalized spacial score (nSPS) is 13.1. The molecule has 35 heavy (non-hydrogen) atoms. The average molecular weight is 470 g/mol. The maximum atomic E-state index is 12.9. The SMILES string of the molecule is COc1cc(-c2cc3ncn(C)c(=O)c3c(NCc3ccncc3)n2)ccc1C(=O)CCC1CC1. The molecule has 1 fully saturated rings. The number of anilines is 1. The lowest BCUT2D eigenvalue weighted by Gasteiger charge is -2.13. The lowest BCUT2D eigenvalue weighted by atomic mass is 10.0. The quantitative estimate of drug-likeness (QED) is 0.363. The van der Waals surface area contributed by atoms with Crippen molar-refractivity contribution in [3.05, 3.63) is 76.6 Å². The van der Waals surface area contributed by atoms with Crippen molar-refractivity contribution < 1.29 is 9.53 Å². The average Bonchev–Trinajstić information content (AvgIpc) is 3.72. The van der Waals surface area contributed by atoms with Crippen molar-refractivity contribution in [3.8, 4) is 17.0 Å². The van der Waals surface area contributed by atoms with Crippen LogP contribution in [0.25, 0.3) is 22.2 Å². The monoisotopic (exact) mass is 469 g/mol. The number of ketones is 1. The van der Waals surface area contributed by atoms with Crippen LogP contribution in [0.3, 0.4) is 0 Å². The van der Waals surface area contributed by atoms with Gasteiger partial charge in [0.2, 0.25) is 0 Å². The van der Waals surface area contributed by atoms with Crippen molar-refractivity contribution in [1.29, 1.82) is 0 Å². The first-order chi connectivity index (χ1) is 17.0. The van der Waals surface area contributed by atoms with Gasteiger partial charge < -0.3 is 14.6 Å². The van der Waals surface area contributed by atoms with Gasteiger partial charge >= 0.3 is 0 Å². The standard InChI is InChI=1S/C27H27N5O3/c1-32-16-30-22-14-21(31-26(25(22)27(32)34)29-15-18-9-11-28-12-10-18)19-6-7-20(24(13-19)35-2)23(33)8-5-17-3-4-17/h6-7,9-14,16-17H,3-5,8,15H2,1-2H3,(H,29,31). The predicted molar refractivity (Wildman–Crippen MR) is 135 cm³/mol. The van der Waals surface area contributed by atoms with Gasteiger partial charge in [0.25, 0.3) is 5.56 Å². The van der Waals surface area contributed by atoms with E-state index in [1.807, 2.05) is 24.3 Å². The highest BCUT2D eigenvalue weighted by Gasteiger charge is 2.23. The second-order valence-corrected chi connectivity index (χ2v) is 8.94. The molecule has 1 aromatic carbocycles. The van der Waals surface area contributed by atoms with Crippen molar-refractivity contribution in [1.82, 2.24) is 19.5 Å². The molecule has 0 amide bonds. The number of nitrogens with zero attached hydrogens (tertiary/aromatic N) is 4. The van der Waals surface area contributed by atoms with Crippen LogP contribution >= 0.6 is 0 Å². The highest BCUT2D eigenvalue weighted by molar-refractivity contribution is 5.99. The zero-order chi connectivity index (χ0) is 24.4. The Morgan fingerprint density at radius 3 is 2.71 bits per heavy atom. The van der Waals surface area contributed by atoms with E-state index in [0.29, 0.717) is 52.6 Å². The second kappa shape index (κ2) is 9.66. The van der Waals surface area contributed by atoms with Crippen LogP contribution in [0.5, 0.6) is 5.75 Å². The molecule has 0 spiro atoms. The Labute approximate surface area is 203 Å². The third-order valence-electron chi connectivity index (χ3n) is 6.39. The van der Waals surface area contributed by atoms with Gasteiger partial charge in [-0.05, 0) is 48.2 Å². The number of carbonyl (C=O) groups is 1. The number of aryl methyl sites for hydroxylation is 1. The van der Waals surface area contributed by atoms with Gasteiger partial charge in [0, 0.05) is 38.0 Å². The van der Waals surface area contributed by atoms with Crippen LogP contribution in [0, 0.1) is 5.92 Å². The zero-order valence-electron chi connectivity index (χ0n) is 19.8. The van der Waals surface area contributed by atoms with Gasteiger partial charge in [-0.3, -0.25) is 14.6 Å². The number of hydrogen-bond donors (Lipinski definition) is 1. The minimum Gasteiger partial charge on any atom is -0.496 e. The molecule has 1 aliphatic rings. The number of fused-ring (bicyclic) bond motifs is 1. The first kappa shape index (κ1) is 22.7. The Morgan fingerprint density at radius 2 is 1.97 bits per heavy atom. The molecule has 0 unspecified atom stereocenters. The molecular formula is C27H27N5O3. The van der Waals surface area contributed by atoms with Gasteiger partial charge in [-0.1, -0.05) is 18.9 Å². The fourth-order valence-corrected chi connectivity index (χ4v) is 4.14. The van der Waals surface area contributed by atoms with Crippen LogP contribution in [-0.4, -0.2) is 32.4 Å². The van der Waals surface area contributed by atoms with E-state index in [4.69, 9.17) is 9.72 Å². The Hall–Kier alpha value is -4.07. The summed E-state index contributed by atoms with van der Waals surface area (Å²) in [6, 6.07) is 11.1. The molecule has 178 valence electrons. The van der Waals surface area contributed by atoms with Crippen LogP contribution in [0.15, 0.2) is 59.9 Å². The molecule has 0 aliphatic heterocycles. The molecule has 1 saturated carbocycles. The minimum atomic E-state index is -0.180. The van der Waals surface area contributed by atoms with Gasteiger partial charge in [0.05, 0.1) is 30.2 Å². The van der Waals surface area contributed by atoms with Gasteiger partial charge in [0.15, 0.2) is 5.78 Å².